The lowest BCUT2D eigenvalue weighted by Crippen LogP contribution is -2.42. The van der Waals surface area contributed by atoms with Crippen molar-refractivity contribution in [1.29, 1.82) is 0 Å². The minimum atomic E-state index is -4.46. The fourth-order valence-corrected chi connectivity index (χ4v) is 3.06. The summed E-state index contributed by atoms with van der Waals surface area (Å²) in [5.74, 6) is -0.822. The SMILES string of the molecule is CCN(C(=O)c1cccc(F)c1-n1nccn1)[C@@H](C)CNc1ccc(C(F)(F)F)cn1. The summed E-state index contributed by atoms with van der Waals surface area (Å²) in [6.07, 6.45) is -0.966. The second-order valence-electron chi connectivity index (χ2n) is 6.71. The van der Waals surface area contributed by atoms with Crippen LogP contribution in [-0.4, -0.2) is 49.9 Å². The molecule has 0 aliphatic rings. The normalized spacial score (nSPS) is 12.5. The van der Waals surface area contributed by atoms with E-state index >= 15 is 0 Å². The molecule has 0 unspecified atom stereocenters. The van der Waals surface area contributed by atoms with Gasteiger partial charge in [-0.3, -0.25) is 4.79 Å². The maximum Gasteiger partial charge on any atom is 0.417 e. The molecule has 1 atom stereocenters. The van der Waals surface area contributed by atoms with Gasteiger partial charge >= 0.3 is 6.18 Å². The number of carbonyl (C=O) groups excluding carboxylic acids is 1. The first-order valence-electron chi connectivity index (χ1n) is 9.45. The van der Waals surface area contributed by atoms with Gasteiger partial charge in [0, 0.05) is 25.3 Å². The van der Waals surface area contributed by atoms with E-state index in [1.807, 2.05) is 0 Å². The summed E-state index contributed by atoms with van der Waals surface area (Å²) in [7, 11) is 0. The number of pyridine rings is 1. The Bertz CT molecular complexity index is 1020. The zero-order chi connectivity index (χ0) is 22.6. The van der Waals surface area contributed by atoms with Crippen molar-refractivity contribution in [2.45, 2.75) is 26.1 Å². The Kier molecular flexibility index (Phi) is 6.52. The van der Waals surface area contributed by atoms with Crippen molar-refractivity contribution in [3.8, 4) is 5.69 Å². The van der Waals surface area contributed by atoms with Crippen LogP contribution >= 0.6 is 0 Å². The van der Waals surface area contributed by atoms with E-state index in [4.69, 9.17) is 0 Å². The molecule has 1 N–H and O–H groups in total. The zero-order valence-electron chi connectivity index (χ0n) is 16.8. The number of para-hydroxylation sites is 1. The summed E-state index contributed by atoms with van der Waals surface area (Å²) in [6.45, 7) is 4.09. The van der Waals surface area contributed by atoms with Gasteiger partial charge in [-0.25, -0.2) is 9.37 Å². The van der Waals surface area contributed by atoms with Crippen molar-refractivity contribution in [1.82, 2.24) is 24.9 Å². The lowest BCUT2D eigenvalue weighted by molar-refractivity contribution is -0.137. The fraction of sp³-hybridized carbons (Fsp3) is 0.300. The zero-order valence-corrected chi connectivity index (χ0v) is 16.8. The van der Waals surface area contributed by atoms with Crippen LogP contribution in [-0.2, 0) is 6.18 Å². The highest BCUT2D eigenvalue weighted by atomic mass is 19.4. The first-order valence-corrected chi connectivity index (χ1v) is 9.45. The monoisotopic (exact) mass is 436 g/mol. The molecule has 164 valence electrons. The first kappa shape index (κ1) is 22.2. The number of likely N-dealkylation sites (N-methyl/N-ethyl adjacent to an activating group) is 1. The topological polar surface area (TPSA) is 75.9 Å². The number of carbonyl (C=O) groups is 1. The maximum absolute atomic E-state index is 14.5. The summed E-state index contributed by atoms with van der Waals surface area (Å²) in [4.78, 5) is 19.5. The number of nitrogens with zero attached hydrogens (tertiary/aromatic N) is 5. The third-order valence-electron chi connectivity index (χ3n) is 4.64. The largest absolute Gasteiger partial charge is 0.417 e. The van der Waals surface area contributed by atoms with Gasteiger partial charge in [-0.2, -0.15) is 23.4 Å². The third kappa shape index (κ3) is 4.98. The Morgan fingerprint density at radius 1 is 1.19 bits per heavy atom. The molecule has 1 aromatic carbocycles. The molecular weight excluding hydrogens is 416 g/mol. The van der Waals surface area contributed by atoms with Crippen LogP contribution in [0.3, 0.4) is 0 Å². The van der Waals surface area contributed by atoms with Crippen molar-refractivity contribution in [3.63, 3.8) is 0 Å². The van der Waals surface area contributed by atoms with Gasteiger partial charge in [0.25, 0.3) is 5.91 Å². The van der Waals surface area contributed by atoms with Crippen LogP contribution in [0.2, 0.25) is 0 Å². The molecule has 2 heterocycles. The Labute approximate surface area is 175 Å². The molecule has 0 spiro atoms. The van der Waals surface area contributed by atoms with Crippen molar-refractivity contribution >= 4 is 11.7 Å². The van der Waals surface area contributed by atoms with Crippen LogP contribution in [0.15, 0.2) is 48.9 Å². The molecular formula is C20H20F4N6O. The van der Waals surface area contributed by atoms with Gasteiger partial charge in [0.2, 0.25) is 0 Å². The standard InChI is InChI=1S/C20H20F4N6O/c1-3-29(13(2)11-25-17-8-7-14(12-26-17)20(22,23)24)19(31)15-5-4-6-16(21)18(15)30-27-9-10-28-30/h4-10,12-13H,3,11H2,1-2H3,(H,25,26)/t13-/m0/s1. The van der Waals surface area contributed by atoms with E-state index in [1.165, 1.54) is 41.6 Å². The number of halogens is 4. The van der Waals surface area contributed by atoms with E-state index in [0.717, 1.165) is 17.1 Å². The molecule has 31 heavy (non-hydrogen) atoms. The van der Waals surface area contributed by atoms with E-state index in [9.17, 15) is 22.4 Å². The van der Waals surface area contributed by atoms with Gasteiger partial charge in [0.15, 0.2) is 5.82 Å². The average molecular weight is 436 g/mol. The lowest BCUT2D eigenvalue weighted by atomic mass is 10.1. The van der Waals surface area contributed by atoms with Gasteiger partial charge in [-0.1, -0.05) is 6.07 Å². The Morgan fingerprint density at radius 3 is 2.48 bits per heavy atom. The maximum atomic E-state index is 14.5. The Balaban J connectivity index is 1.75. The number of nitrogens with one attached hydrogen (secondary N) is 1. The predicted molar refractivity (Wildman–Crippen MR) is 105 cm³/mol. The molecule has 1 amide bonds. The second-order valence-corrected chi connectivity index (χ2v) is 6.71. The van der Waals surface area contributed by atoms with Crippen LogP contribution in [0.4, 0.5) is 23.4 Å². The molecule has 0 aliphatic carbocycles. The van der Waals surface area contributed by atoms with E-state index in [2.05, 4.69) is 20.5 Å². The van der Waals surface area contributed by atoms with Crippen molar-refractivity contribution in [3.05, 3.63) is 65.9 Å². The average Bonchev–Trinajstić information content (AvgIpc) is 3.26. The van der Waals surface area contributed by atoms with E-state index in [0.29, 0.717) is 6.54 Å². The predicted octanol–water partition coefficient (Wildman–Crippen LogP) is 3.78. The number of hydrogen-bond acceptors (Lipinski definition) is 5. The minimum absolute atomic E-state index is 0.0551. The number of aromatic nitrogens is 4. The lowest BCUT2D eigenvalue weighted by Gasteiger charge is -2.29. The second kappa shape index (κ2) is 9.11. The van der Waals surface area contributed by atoms with Gasteiger partial charge < -0.3 is 10.2 Å². The Morgan fingerprint density at radius 2 is 1.90 bits per heavy atom. The van der Waals surface area contributed by atoms with E-state index in [-0.39, 0.29) is 29.7 Å². The number of hydrogen-bond donors (Lipinski definition) is 1. The first-order chi connectivity index (χ1) is 14.7. The molecule has 11 heteroatoms. The third-order valence-corrected chi connectivity index (χ3v) is 4.64. The van der Waals surface area contributed by atoms with Crippen LogP contribution < -0.4 is 5.32 Å². The van der Waals surface area contributed by atoms with Crippen LogP contribution in [0.5, 0.6) is 0 Å². The molecule has 0 saturated carbocycles. The number of rotatable bonds is 7. The molecule has 0 fully saturated rings. The quantitative estimate of drug-likeness (QED) is 0.571. The summed E-state index contributed by atoms with van der Waals surface area (Å²) in [5, 5.41) is 10.8. The smallest absolute Gasteiger partial charge is 0.368 e. The highest BCUT2D eigenvalue weighted by molar-refractivity contribution is 5.98. The van der Waals surface area contributed by atoms with Crippen LogP contribution in [0.25, 0.3) is 5.69 Å². The Hall–Kier alpha value is -3.50. The number of anilines is 1. The number of benzene rings is 1. The molecule has 7 nitrogen and oxygen atoms in total. The highest BCUT2D eigenvalue weighted by Gasteiger charge is 2.30. The van der Waals surface area contributed by atoms with Gasteiger partial charge in [0.05, 0.1) is 23.5 Å². The van der Waals surface area contributed by atoms with Gasteiger partial charge in [-0.05, 0) is 38.1 Å². The van der Waals surface area contributed by atoms with Crippen LogP contribution in [0, 0.1) is 5.82 Å². The van der Waals surface area contributed by atoms with Crippen molar-refractivity contribution in [2.75, 3.05) is 18.4 Å². The van der Waals surface area contributed by atoms with E-state index < -0.39 is 23.5 Å². The summed E-state index contributed by atoms with van der Waals surface area (Å²) in [5.41, 5.74) is -0.805. The molecule has 3 rings (SSSR count). The van der Waals surface area contributed by atoms with Gasteiger partial charge in [0.1, 0.15) is 11.5 Å². The fourth-order valence-electron chi connectivity index (χ4n) is 3.06. The molecule has 0 saturated heterocycles. The van der Waals surface area contributed by atoms with Gasteiger partial charge in [-0.15, -0.1) is 4.80 Å². The summed E-state index contributed by atoms with van der Waals surface area (Å²) >= 11 is 0. The highest BCUT2D eigenvalue weighted by Crippen LogP contribution is 2.29. The van der Waals surface area contributed by atoms with Crippen LogP contribution in [0.1, 0.15) is 29.8 Å². The summed E-state index contributed by atoms with van der Waals surface area (Å²) < 4.78 is 52.4. The van der Waals surface area contributed by atoms with Crippen molar-refractivity contribution in [2.24, 2.45) is 0 Å². The minimum Gasteiger partial charge on any atom is -0.368 e. The molecule has 3 aromatic rings. The summed E-state index contributed by atoms with van der Waals surface area (Å²) in [6, 6.07) is 5.92. The number of alkyl halides is 3. The molecule has 0 bridgehead atoms. The van der Waals surface area contributed by atoms with E-state index in [1.54, 1.807) is 13.8 Å². The molecule has 0 radical (unpaired) electrons. The number of amides is 1. The molecule has 0 aliphatic heterocycles. The van der Waals surface area contributed by atoms with Crippen molar-refractivity contribution < 1.29 is 22.4 Å². The molecule has 2 aromatic heterocycles.